The topological polar surface area (TPSA) is 11.4 Å². The highest BCUT2D eigenvalue weighted by molar-refractivity contribution is 7.19. The summed E-state index contributed by atoms with van der Waals surface area (Å²) < 4.78 is 2.41. The molecule has 0 radical (unpaired) electrons. The van der Waals surface area contributed by atoms with E-state index in [1.54, 1.807) is 0 Å². The molecular weight excluding hydrogens is 851 g/mol. The van der Waals surface area contributed by atoms with Crippen LogP contribution in [-0.4, -0.2) is 4.57 Å². The molecule has 0 bridgehead atoms. The van der Waals surface area contributed by atoms with Gasteiger partial charge in [0.05, 0.1) is 11.0 Å². The fraction of sp³-hybridized carbons (Fsp3) is 0. The van der Waals surface area contributed by atoms with Crippen molar-refractivity contribution in [3.63, 3.8) is 0 Å². The van der Waals surface area contributed by atoms with Crippen LogP contribution in [0, 0.1) is 0 Å². The molecule has 0 unspecified atom stereocenters. The predicted molar refractivity (Wildman–Crippen MR) is 288 cm³/mol. The van der Waals surface area contributed by atoms with Gasteiger partial charge in [0.15, 0.2) is 0 Å². The minimum Gasteiger partial charge on any atom is -0.311 e. The highest BCUT2D eigenvalue weighted by atomic mass is 32.1. The lowest BCUT2D eigenvalue weighted by Gasteiger charge is -2.25. The molecule has 3 heterocycles. The molecule has 5 heteroatoms. The highest BCUT2D eigenvalue weighted by Crippen LogP contribution is 2.43. The van der Waals surface area contributed by atoms with Crippen LogP contribution in [0.2, 0.25) is 0 Å². The smallest absolute Gasteiger partial charge is 0.0541 e. The molecule has 0 aliphatic heterocycles. The van der Waals surface area contributed by atoms with Gasteiger partial charge in [0.25, 0.3) is 0 Å². The van der Waals surface area contributed by atoms with E-state index < -0.39 is 0 Å². The molecule has 0 atom stereocenters. The summed E-state index contributed by atoms with van der Waals surface area (Å²) in [7, 11) is 0. The van der Waals surface area contributed by atoms with Crippen LogP contribution in [0.3, 0.4) is 0 Å². The van der Waals surface area contributed by atoms with E-state index >= 15 is 0 Å². The van der Waals surface area contributed by atoms with Crippen LogP contribution in [0.15, 0.2) is 261 Å². The molecule has 0 spiro atoms. The second-order valence-electron chi connectivity index (χ2n) is 16.6. The maximum absolute atomic E-state index is 2.41. The zero-order valence-corrected chi connectivity index (χ0v) is 38.1. The Bertz CT molecular complexity index is 3300. The van der Waals surface area contributed by atoms with Crippen molar-refractivity contribution in [3.8, 4) is 47.4 Å². The maximum atomic E-state index is 2.41. The van der Waals surface area contributed by atoms with Crippen molar-refractivity contribution in [1.82, 2.24) is 4.57 Å². The zero-order valence-electron chi connectivity index (χ0n) is 36.5. The van der Waals surface area contributed by atoms with E-state index in [0.717, 1.165) is 39.8 Å². The molecule has 0 saturated heterocycles. The molecule has 67 heavy (non-hydrogen) atoms. The van der Waals surface area contributed by atoms with E-state index in [-0.39, 0.29) is 0 Å². The minimum atomic E-state index is 1.13. The number of nitrogens with zero attached hydrogens (tertiary/aromatic N) is 3. The van der Waals surface area contributed by atoms with Crippen LogP contribution in [-0.2, 0) is 0 Å². The van der Waals surface area contributed by atoms with E-state index in [4.69, 9.17) is 0 Å². The Balaban J connectivity index is 0.867. The lowest BCUT2D eigenvalue weighted by molar-refractivity contribution is 1.18. The molecule has 318 valence electrons. The summed E-state index contributed by atoms with van der Waals surface area (Å²) in [5.41, 5.74) is 15.2. The molecule has 9 aromatic carbocycles. The number of hydrogen-bond donors (Lipinski definition) is 0. The van der Waals surface area contributed by atoms with Gasteiger partial charge in [0.2, 0.25) is 0 Å². The number of anilines is 6. The molecule has 0 aliphatic carbocycles. The fourth-order valence-electron chi connectivity index (χ4n) is 9.23. The monoisotopic (exact) mass is 893 g/mol. The first-order valence-corrected chi connectivity index (χ1v) is 24.2. The molecule has 12 rings (SSSR count). The number of rotatable bonds is 11. The molecule has 3 nitrogen and oxygen atoms in total. The van der Waals surface area contributed by atoms with E-state index in [2.05, 4.69) is 275 Å². The van der Waals surface area contributed by atoms with E-state index in [1.165, 1.54) is 63.6 Å². The van der Waals surface area contributed by atoms with E-state index in [0.29, 0.717) is 0 Å². The van der Waals surface area contributed by atoms with Crippen LogP contribution in [0.25, 0.3) is 69.3 Å². The van der Waals surface area contributed by atoms with Gasteiger partial charge in [0.1, 0.15) is 0 Å². The van der Waals surface area contributed by atoms with Crippen molar-refractivity contribution in [1.29, 1.82) is 0 Å². The average Bonchev–Trinajstić information content (AvgIpc) is 4.18. The lowest BCUT2D eigenvalue weighted by atomic mass is 10.1. The van der Waals surface area contributed by atoms with E-state index in [9.17, 15) is 0 Å². The molecule has 3 aromatic heterocycles. The van der Waals surface area contributed by atoms with Crippen molar-refractivity contribution in [2.24, 2.45) is 0 Å². The summed E-state index contributed by atoms with van der Waals surface area (Å²) in [4.78, 5) is 9.59. The Hall–Kier alpha value is -8.22. The first-order chi connectivity index (χ1) is 33.2. The summed E-state index contributed by atoms with van der Waals surface area (Å²) in [6, 6.07) is 94.0. The lowest BCUT2D eigenvalue weighted by Crippen LogP contribution is -2.09. The third-order valence-corrected chi connectivity index (χ3v) is 14.8. The van der Waals surface area contributed by atoms with Crippen molar-refractivity contribution >= 4 is 78.6 Å². The predicted octanol–water partition coefficient (Wildman–Crippen LogP) is 18.5. The van der Waals surface area contributed by atoms with Crippen molar-refractivity contribution in [2.45, 2.75) is 0 Å². The van der Waals surface area contributed by atoms with Gasteiger partial charge in [-0.05, 0) is 156 Å². The average molecular weight is 894 g/mol. The number of aromatic nitrogens is 1. The Morgan fingerprint density at radius 3 is 0.881 bits per heavy atom. The quantitative estimate of drug-likeness (QED) is 0.128. The summed E-state index contributed by atoms with van der Waals surface area (Å²) >= 11 is 3.68. The second-order valence-corrected chi connectivity index (χ2v) is 18.7. The molecule has 0 aliphatic rings. The Kier molecular flexibility index (Phi) is 10.6. The first kappa shape index (κ1) is 40.3. The number of benzene rings is 9. The van der Waals surface area contributed by atoms with Crippen LogP contribution in [0.1, 0.15) is 0 Å². The summed E-state index contributed by atoms with van der Waals surface area (Å²) in [6.07, 6.45) is 0. The molecule has 12 aromatic rings. The molecule has 0 fully saturated rings. The van der Waals surface area contributed by atoms with Crippen molar-refractivity contribution < 1.29 is 0 Å². The molecule has 0 saturated carbocycles. The van der Waals surface area contributed by atoms with Crippen LogP contribution >= 0.6 is 22.7 Å². The van der Waals surface area contributed by atoms with Gasteiger partial charge in [-0.1, -0.05) is 127 Å². The normalized spacial score (nSPS) is 11.3. The van der Waals surface area contributed by atoms with Crippen LogP contribution < -0.4 is 9.80 Å². The summed E-state index contributed by atoms with van der Waals surface area (Å²) in [5, 5.41) is 2.49. The summed E-state index contributed by atoms with van der Waals surface area (Å²) in [6.45, 7) is 0. The molecule has 0 N–H and O–H groups in total. The Morgan fingerprint density at radius 2 is 0.537 bits per heavy atom. The van der Waals surface area contributed by atoms with Gasteiger partial charge in [0, 0.05) is 70.1 Å². The van der Waals surface area contributed by atoms with Gasteiger partial charge >= 0.3 is 0 Å². The highest BCUT2D eigenvalue weighted by Gasteiger charge is 2.18. The minimum absolute atomic E-state index is 1.13. The number of para-hydroxylation sites is 5. The zero-order chi connectivity index (χ0) is 44.5. The third-order valence-electron chi connectivity index (χ3n) is 12.4. The van der Waals surface area contributed by atoms with Crippen LogP contribution in [0.5, 0.6) is 0 Å². The maximum Gasteiger partial charge on any atom is 0.0541 e. The van der Waals surface area contributed by atoms with Gasteiger partial charge < -0.3 is 14.4 Å². The van der Waals surface area contributed by atoms with Gasteiger partial charge in [-0.3, -0.25) is 0 Å². The standard InChI is InChI=1S/C62H43N3S2/c1-6-16-48(17-7-1)63(49-18-8-2-9-19-49)53-32-26-44(27-33-53)59-38-40-61(66-59)46-30-36-57-55(42-46)56-43-47(31-37-58(56)65(57)52-24-14-5-15-25-52)62-41-39-60(67-62)45-28-34-54(35-29-45)64(50-20-10-3-11-21-50)51-22-12-4-13-23-51/h1-43H. The third kappa shape index (κ3) is 7.80. The SMILES string of the molecule is c1ccc(N(c2ccccc2)c2ccc(-c3ccc(-c4ccc5c(c4)c4cc(-c6ccc(-c7ccc(N(c8ccccc8)c8ccccc8)cc7)s6)ccc4n5-c4ccccc4)s3)cc2)cc1. The van der Waals surface area contributed by atoms with Crippen molar-refractivity contribution in [3.05, 3.63) is 261 Å². The van der Waals surface area contributed by atoms with Gasteiger partial charge in [-0.15, -0.1) is 22.7 Å². The number of hydrogen-bond acceptors (Lipinski definition) is 4. The largest absolute Gasteiger partial charge is 0.311 e. The number of fused-ring (bicyclic) bond motifs is 3. The molecule has 0 amide bonds. The Morgan fingerprint density at radius 1 is 0.254 bits per heavy atom. The van der Waals surface area contributed by atoms with Gasteiger partial charge in [-0.2, -0.15) is 0 Å². The first-order valence-electron chi connectivity index (χ1n) is 22.6. The fourth-order valence-corrected chi connectivity index (χ4v) is 11.2. The number of thiophene rings is 2. The summed E-state index contributed by atoms with van der Waals surface area (Å²) in [5.74, 6) is 0. The van der Waals surface area contributed by atoms with Crippen molar-refractivity contribution in [2.75, 3.05) is 9.80 Å². The van der Waals surface area contributed by atoms with Crippen LogP contribution in [0.4, 0.5) is 34.1 Å². The second kappa shape index (κ2) is 17.6. The molecular formula is C62H43N3S2. The Labute approximate surface area is 399 Å². The van der Waals surface area contributed by atoms with E-state index in [1.807, 2.05) is 22.7 Å². The van der Waals surface area contributed by atoms with Gasteiger partial charge in [-0.25, -0.2) is 0 Å².